The van der Waals surface area contributed by atoms with Gasteiger partial charge in [0.05, 0.1) is 12.0 Å². The lowest BCUT2D eigenvalue weighted by atomic mass is 9.85. The molecule has 0 aromatic heterocycles. The molecule has 1 saturated carbocycles. The Balaban J connectivity index is 2.02. The minimum Gasteiger partial charge on any atom is -0.381 e. The molecule has 0 bridgehead atoms. The number of rotatable bonds is 3. The highest BCUT2D eigenvalue weighted by atomic mass is 15.1. The first-order valence-corrected chi connectivity index (χ1v) is 6.64. The van der Waals surface area contributed by atoms with Gasteiger partial charge in [0, 0.05) is 31.5 Å². The Hall–Kier alpha value is -1.69. The average Bonchev–Trinajstić information content (AvgIpc) is 2.40. The van der Waals surface area contributed by atoms with Crippen molar-refractivity contribution in [2.75, 3.05) is 24.3 Å². The van der Waals surface area contributed by atoms with Crippen molar-refractivity contribution >= 4 is 11.4 Å². The highest BCUT2D eigenvalue weighted by Crippen LogP contribution is 2.27. The van der Waals surface area contributed by atoms with Crippen LogP contribution < -0.4 is 10.2 Å². The number of hydrogen-bond donors (Lipinski definition) is 1. The zero-order valence-corrected chi connectivity index (χ0v) is 11.2. The van der Waals surface area contributed by atoms with Crippen LogP contribution in [0.1, 0.15) is 25.7 Å². The molecule has 3 heteroatoms. The van der Waals surface area contributed by atoms with Gasteiger partial charge in [-0.25, -0.2) is 0 Å². The van der Waals surface area contributed by atoms with Gasteiger partial charge in [-0.15, -0.1) is 0 Å². The molecule has 3 nitrogen and oxygen atoms in total. The molecular weight excluding hydrogens is 222 g/mol. The minimum atomic E-state index is 0.160. The fourth-order valence-electron chi connectivity index (χ4n) is 2.53. The monoisotopic (exact) mass is 243 g/mol. The van der Waals surface area contributed by atoms with E-state index in [9.17, 15) is 0 Å². The van der Waals surface area contributed by atoms with Crippen LogP contribution in [0.3, 0.4) is 0 Å². The van der Waals surface area contributed by atoms with Gasteiger partial charge >= 0.3 is 0 Å². The standard InChI is InChI=1S/C15H21N3/c1-18(2)14-9-7-13(8-10-14)17-15-6-4-3-5-12(15)11-16/h7-10,12,15,17H,3-6H2,1-2H3. The first kappa shape index (κ1) is 12.8. The van der Waals surface area contributed by atoms with Gasteiger partial charge in [0.2, 0.25) is 0 Å². The fraction of sp³-hybridized carbons (Fsp3) is 0.533. The normalized spacial score (nSPS) is 23.2. The van der Waals surface area contributed by atoms with Crippen LogP contribution in [0.2, 0.25) is 0 Å². The van der Waals surface area contributed by atoms with Gasteiger partial charge in [-0.2, -0.15) is 5.26 Å². The van der Waals surface area contributed by atoms with Crippen LogP contribution in [0.5, 0.6) is 0 Å². The number of anilines is 2. The zero-order chi connectivity index (χ0) is 13.0. The summed E-state index contributed by atoms with van der Waals surface area (Å²) in [4.78, 5) is 2.09. The Morgan fingerprint density at radius 3 is 2.44 bits per heavy atom. The van der Waals surface area contributed by atoms with Gasteiger partial charge in [-0.1, -0.05) is 12.8 Å². The lowest BCUT2D eigenvalue weighted by Crippen LogP contribution is -2.31. The first-order valence-electron chi connectivity index (χ1n) is 6.64. The summed E-state index contributed by atoms with van der Waals surface area (Å²) in [6.45, 7) is 0. The second kappa shape index (κ2) is 5.77. The second-order valence-electron chi connectivity index (χ2n) is 5.21. The summed E-state index contributed by atoms with van der Waals surface area (Å²) in [5.74, 6) is 0.160. The molecule has 96 valence electrons. The van der Waals surface area contributed by atoms with Crippen LogP contribution in [0.15, 0.2) is 24.3 Å². The quantitative estimate of drug-likeness (QED) is 0.885. The second-order valence-corrected chi connectivity index (χ2v) is 5.21. The van der Waals surface area contributed by atoms with Crippen molar-refractivity contribution in [1.29, 1.82) is 5.26 Å². The van der Waals surface area contributed by atoms with E-state index in [0.29, 0.717) is 6.04 Å². The molecular formula is C15H21N3. The third-order valence-electron chi connectivity index (χ3n) is 3.67. The number of benzene rings is 1. The number of nitriles is 1. The maximum atomic E-state index is 9.16. The van der Waals surface area contributed by atoms with Crippen molar-refractivity contribution in [3.05, 3.63) is 24.3 Å². The average molecular weight is 243 g/mol. The van der Waals surface area contributed by atoms with Crippen molar-refractivity contribution in [3.63, 3.8) is 0 Å². The van der Waals surface area contributed by atoms with Gasteiger partial charge in [-0.05, 0) is 37.1 Å². The summed E-state index contributed by atoms with van der Waals surface area (Å²) in [5, 5.41) is 12.7. The fourth-order valence-corrected chi connectivity index (χ4v) is 2.53. The molecule has 1 aliphatic carbocycles. The lowest BCUT2D eigenvalue weighted by molar-refractivity contribution is 0.389. The van der Waals surface area contributed by atoms with Crippen LogP contribution in [-0.4, -0.2) is 20.1 Å². The van der Waals surface area contributed by atoms with Crippen molar-refractivity contribution < 1.29 is 0 Å². The molecule has 0 amide bonds. The molecule has 1 fully saturated rings. The SMILES string of the molecule is CN(C)c1ccc(NC2CCCCC2C#N)cc1. The highest BCUT2D eigenvalue weighted by Gasteiger charge is 2.24. The summed E-state index contributed by atoms with van der Waals surface area (Å²) in [5.41, 5.74) is 2.31. The molecule has 2 rings (SSSR count). The van der Waals surface area contributed by atoms with E-state index in [-0.39, 0.29) is 5.92 Å². The van der Waals surface area contributed by atoms with E-state index < -0.39 is 0 Å². The molecule has 1 aromatic rings. The molecule has 1 aromatic carbocycles. The maximum Gasteiger partial charge on any atom is 0.0677 e. The maximum absolute atomic E-state index is 9.16. The molecule has 2 atom stereocenters. The van der Waals surface area contributed by atoms with E-state index >= 15 is 0 Å². The Kier molecular flexibility index (Phi) is 4.09. The van der Waals surface area contributed by atoms with Crippen molar-refractivity contribution in [3.8, 4) is 6.07 Å². The Morgan fingerprint density at radius 2 is 1.83 bits per heavy atom. The van der Waals surface area contributed by atoms with Crippen LogP contribution in [0, 0.1) is 17.2 Å². The summed E-state index contributed by atoms with van der Waals surface area (Å²) < 4.78 is 0. The van der Waals surface area contributed by atoms with E-state index in [2.05, 4.69) is 40.6 Å². The third-order valence-corrected chi connectivity index (χ3v) is 3.67. The first-order chi connectivity index (χ1) is 8.70. The van der Waals surface area contributed by atoms with Gasteiger partial charge in [0.15, 0.2) is 0 Å². The molecule has 1 N–H and O–H groups in total. The van der Waals surface area contributed by atoms with Crippen molar-refractivity contribution in [1.82, 2.24) is 0 Å². The summed E-state index contributed by atoms with van der Waals surface area (Å²) in [7, 11) is 4.07. The Morgan fingerprint density at radius 1 is 1.17 bits per heavy atom. The van der Waals surface area contributed by atoms with E-state index in [4.69, 9.17) is 5.26 Å². The molecule has 0 saturated heterocycles. The predicted octanol–water partition coefficient (Wildman–Crippen LogP) is 3.25. The summed E-state index contributed by atoms with van der Waals surface area (Å²) in [6, 6.07) is 11.1. The molecule has 0 aliphatic heterocycles. The topological polar surface area (TPSA) is 39.1 Å². The smallest absolute Gasteiger partial charge is 0.0677 e. The molecule has 0 radical (unpaired) electrons. The highest BCUT2D eigenvalue weighted by molar-refractivity contribution is 5.54. The summed E-state index contributed by atoms with van der Waals surface area (Å²) in [6.07, 6.45) is 4.55. The number of hydrogen-bond acceptors (Lipinski definition) is 3. The van der Waals surface area contributed by atoms with Gasteiger partial charge in [-0.3, -0.25) is 0 Å². The van der Waals surface area contributed by atoms with Crippen LogP contribution in [0.4, 0.5) is 11.4 Å². The summed E-state index contributed by atoms with van der Waals surface area (Å²) >= 11 is 0. The van der Waals surface area contributed by atoms with Crippen LogP contribution in [-0.2, 0) is 0 Å². The Labute approximate surface area is 109 Å². The van der Waals surface area contributed by atoms with Crippen molar-refractivity contribution in [2.45, 2.75) is 31.7 Å². The largest absolute Gasteiger partial charge is 0.381 e. The van der Waals surface area contributed by atoms with Gasteiger partial charge in [0.1, 0.15) is 0 Å². The molecule has 1 aliphatic rings. The van der Waals surface area contributed by atoms with Crippen molar-refractivity contribution in [2.24, 2.45) is 5.92 Å². The van der Waals surface area contributed by atoms with Crippen LogP contribution in [0.25, 0.3) is 0 Å². The van der Waals surface area contributed by atoms with E-state index in [1.165, 1.54) is 18.5 Å². The molecule has 0 heterocycles. The predicted molar refractivity (Wildman–Crippen MR) is 75.8 cm³/mol. The van der Waals surface area contributed by atoms with Crippen LogP contribution >= 0.6 is 0 Å². The third kappa shape index (κ3) is 2.95. The van der Waals surface area contributed by atoms with E-state index in [0.717, 1.165) is 18.5 Å². The van der Waals surface area contributed by atoms with E-state index in [1.54, 1.807) is 0 Å². The van der Waals surface area contributed by atoms with Gasteiger partial charge < -0.3 is 10.2 Å². The lowest BCUT2D eigenvalue weighted by Gasteiger charge is -2.28. The number of nitrogens with one attached hydrogen (secondary N) is 1. The minimum absolute atomic E-state index is 0.160. The van der Waals surface area contributed by atoms with Gasteiger partial charge in [0.25, 0.3) is 0 Å². The van der Waals surface area contributed by atoms with E-state index in [1.807, 2.05) is 14.1 Å². The molecule has 0 spiro atoms. The molecule has 2 unspecified atom stereocenters. The Bertz CT molecular complexity index is 416. The zero-order valence-electron chi connectivity index (χ0n) is 11.2. The number of nitrogens with zero attached hydrogens (tertiary/aromatic N) is 2. The molecule has 18 heavy (non-hydrogen) atoms.